The van der Waals surface area contributed by atoms with E-state index >= 15 is 0 Å². The summed E-state index contributed by atoms with van der Waals surface area (Å²) in [7, 11) is 0. The summed E-state index contributed by atoms with van der Waals surface area (Å²) in [4.78, 5) is 21.3. The summed E-state index contributed by atoms with van der Waals surface area (Å²) in [5, 5.41) is 8.62. The first-order valence-electron chi connectivity index (χ1n) is 3.64. The number of rotatable bonds is 1. The topological polar surface area (TPSA) is 78.4 Å². The van der Waals surface area contributed by atoms with Gasteiger partial charge in [0.25, 0.3) is 5.91 Å². The number of hydrazine groups is 1. The molecule has 0 aliphatic carbocycles. The van der Waals surface area contributed by atoms with Gasteiger partial charge in [-0.3, -0.25) is 10.2 Å². The highest BCUT2D eigenvalue weighted by Crippen LogP contribution is 2.09. The number of carbonyl (C=O) groups is 2. The Labute approximate surface area is 84.7 Å². The average molecular weight is 215 g/mol. The lowest BCUT2D eigenvalue weighted by Crippen LogP contribution is -2.40. The third-order valence-electron chi connectivity index (χ3n) is 1.37. The van der Waals surface area contributed by atoms with Crippen molar-refractivity contribution in [1.82, 2.24) is 10.9 Å². The molecule has 0 unspecified atom stereocenters. The van der Waals surface area contributed by atoms with Gasteiger partial charge < -0.3 is 5.11 Å². The maximum Gasteiger partial charge on any atom is 0.423 e. The molecule has 0 aromatic heterocycles. The molecule has 14 heavy (non-hydrogen) atoms. The molecule has 0 bridgehead atoms. The van der Waals surface area contributed by atoms with Crippen molar-refractivity contribution >= 4 is 23.6 Å². The second kappa shape index (κ2) is 4.48. The molecule has 3 N–H and O–H groups in total. The number of hydrogen-bond acceptors (Lipinski definition) is 2. The van der Waals surface area contributed by atoms with E-state index in [0.717, 1.165) is 0 Å². The van der Waals surface area contributed by atoms with E-state index in [-0.39, 0.29) is 5.56 Å². The van der Waals surface area contributed by atoms with Crippen molar-refractivity contribution in [3.63, 3.8) is 0 Å². The van der Waals surface area contributed by atoms with Gasteiger partial charge in [-0.15, -0.1) is 0 Å². The van der Waals surface area contributed by atoms with E-state index in [2.05, 4.69) is 0 Å². The van der Waals surface area contributed by atoms with E-state index in [1.54, 1.807) is 17.6 Å². The van der Waals surface area contributed by atoms with Crippen LogP contribution in [0.5, 0.6) is 0 Å². The van der Waals surface area contributed by atoms with Gasteiger partial charge in [-0.1, -0.05) is 17.7 Å². The lowest BCUT2D eigenvalue weighted by molar-refractivity contribution is 0.0926. The van der Waals surface area contributed by atoms with E-state index in [1.165, 1.54) is 12.1 Å². The third-order valence-corrected chi connectivity index (χ3v) is 1.60. The van der Waals surface area contributed by atoms with Gasteiger partial charge in [0.2, 0.25) is 0 Å². The van der Waals surface area contributed by atoms with Crippen LogP contribution in [0.1, 0.15) is 10.4 Å². The first-order valence-corrected chi connectivity index (χ1v) is 4.02. The second-order valence-corrected chi connectivity index (χ2v) is 2.83. The summed E-state index contributed by atoms with van der Waals surface area (Å²) in [6.45, 7) is 0. The molecule has 0 atom stereocenters. The summed E-state index contributed by atoms with van der Waals surface area (Å²) < 4.78 is 0. The minimum absolute atomic E-state index is 0.284. The van der Waals surface area contributed by atoms with Gasteiger partial charge in [0.05, 0.1) is 0 Å². The van der Waals surface area contributed by atoms with Gasteiger partial charge in [0.15, 0.2) is 0 Å². The van der Waals surface area contributed by atoms with Crippen LogP contribution >= 0.6 is 11.6 Å². The number of hydrogen-bond donors (Lipinski definition) is 3. The van der Waals surface area contributed by atoms with Crippen LogP contribution in [0.15, 0.2) is 24.3 Å². The lowest BCUT2D eigenvalue weighted by Gasteiger charge is -2.03. The van der Waals surface area contributed by atoms with Crippen LogP contribution < -0.4 is 10.9 Å². The maximum atomic E-state index is 11.2. The Morgan fingerprint density at radius 3 is 2.57 bits per heavy atom. The molecule has 2 amide bonds. The monoisotopic (exact) mass is 214 g/mol. The summed E-state index contributed by atoms with van der Waals surface area (Å²) in [6.07, 6.45) is -1.33. The molecule has 0 saturated carbocycles. The molecule has 5 nitrogen and oxygen atoms in total. The van der Waals surface area contributed by atoms with E-state index in [4.69, 9.17) is 16.7 Å². The molecular formula is C8H7ClN2O3. The van der Waals surface area contributed by atoms with Gasteiger partial charge in [0.1, 0.15) is 0 Å². The normalized spacial score (nSPS) is 9.21. The highest BCUT2D eigenvalue weighted by atomic mass is 35.5. The van der Waals surface area contributed by atoms with Crippen LogP contribution in [-0.4, -0.2) is 17.1 Å². The van der Waals surface area contributed by atoms with Gasteiger partial charge in [-0.2, -0.15) is 0 Å². The molecule has 0 aliphatic rings. The van der Waals surface area contributed by atoms with Gasteiger partial charge in [-0.05, 0) is 18.2 Å². The Hall–Kier alpha value is -1.75. The zero-order valence-electron chi connectivity index (χ0n) is 6.95. The molecule has 1 aromatic carbocycles. The van der Waals surface area contributed by atoms with Crippen molar-refractivity contribution in [3.8, 4) is 0 Å². The van der Waals surface area contributed by atoms with Crippen molar-refractivity contribution < 1.29 is 14.7 Å². The number of nitrogens with one attached hydrogen (secondary N) is 2. The number of halogens is 1. The van der Waals surface area contributed by atoms with Crippen LogP contribution in [-0.2, 0) is 0 Å². The fourth-order valence-electron chi connectivity index (χ4n) is 0.812. The largest absolute Gasteiger partial charge is 0.464 e. The molecule has 0 spiro atoms. The van der Waals surface area contributed by atoms with Crippen LogP contribution in [0.4, 0.5) is 4.79 Å². The van der Waals surface area contributed by atoms with Crippen molar-refractivity contribution in [2.24, 2.45) is 0 Å². The number of carbonyl (C=O) groups excluding carboxylic acids is 1. The van der Waals surface area contributed by atoms with Crippen molar-refractivity contribution in [2.75, 3.05) is 0 Å². The Morgan fingerprint density at radius 1 is 1.29 bits per heavy atom. The summed E-state index contributed by atoms with van der Waals surface area (Å²) in [6, 6.07) is 6.16. The molecule has 74 valence electrons. The molecular weight excluding hydrogens is 208 g/mol. The molecule has 0 aliphatic heterocycles. The van der Waals surface area contributed by atoms with E-state index in [9.17, 15) is 9.59 Å². The molecule has 0 radical (unpaired) electrons. The van der Waals surface area contributed by atoms with Gasteiger partial charge >= 0.3 is 6.09 Å². The summed E-state index contributed by atoms with van der Waals surface area (Å²) in [5.41, 5.74) is 4.00. The van der Waals surface area contributed by atoms with Crippen LogP contribution in [0.2, 0.25) is 5.02 Å². The molecule has 0 saturated heterocycles. The van der Waals surface area contributed by atoms with Crippen LogP contribution in [0.3, 0.4) is 0 Å². The number of carboxylic acid groups (broad SMARTS) is 1. The average Bonchev–Trinajstić information content (AvgIpc) is 2.14. The lowest BCUT2D eigenvalue weighted by atomic mass is 10.2. The molecule has 6 heteroatoms. The van der Waals surface area contributed by atoms with E-state index < -0.39 is 12.0 Å². The summed E-state index contributed by atoms with van der Waals surface area (Å²) >= 11 is 5.63. The predicted octanol–water partition coefficient (Wildman–Crippen LogP) is 1.25. The van der Waals surface area contributed by atoms with Gasteiger partial charge in [-0.25, -0.2) is 10.2 Å². The first kappa shape index (κ1) is 10.3. The van der Waals surface area contributed by atoms with Crippen molar-refractivity contribution in [2.45, 2.75) is 0 Å². The van der Waals surface area contributed by atoms with Crippen LogP contribution in [0, 0.1) is 0 Å². The molecule has 0 fully saturated rings. The third kappa shape index (κ3) is 2.95. The maximum absolute atomic E-state index is 11.2. The van der Waals surface area contributed by atoms with Crippen molar-refractivity contribution in [1.29, 1.82) is 0 Å². The van der Waals surface area contributed by atoms with E-state index in [0.29, 0.717) is 5.02 Å². The number of benzene rings is 1. The Morgan fingerprint density at radius 2 is 2.00 bits per heavy atom. The standard InChI is InChI=1S/C8H7ClN2O3/c9-6-3-1-2-5(4-6)7(12)10-11-8(13)14/h1-4,11H,(H,10,12)(H,13,14). The quantitative estimate of drug-likeness (QED) is 0.616. The van der Waals surface area contributed by atoms with Gasteiger partial charge in [0, 0.05) is 10.6 Å². The van der Waals surface area contributed by atoms with Crippen LogP contribution in [0.25, 0.3) is 0 Å². The Kier molecular flexibility index (Phi) is 3.30. The zero-order chi connectivity index (χ0) is 10.6. The highest BCUT2D eigenvalue weighted by molar-refractivity contribution is 6.30. The zero-order valence-corrected chi connectivity index (χ0v) is 7.71. The molecule has 1 aromatic rings. The second-order valence-electron chi connectivity index (χ2n) is 2.39. The predicted molar refractivity (Wildman–Crippen MR) is 50.1 cm³/mol. The van der Waals surface area contributed by atoms with Crippen molar-refractivity contribution in [3.05, 3.63) is 34.9 Å². The first-order chi connectivity index (χ1) is 6.59. The Bertz CT molecular complexity index is 367. The minimum atomic E-state index is -1.33. The summed E-state index contributed by atoms with van der Waals surface area (Å²) in [5.74, 6) is -0.560. The Balaban J connectivity index is 2.65. The smallest absolute Gasteiger partial charge is 0.423 e. The minimum Gasteiger partial charge on any atom is -0.464 e. The highest BCUT2D eigenvalue weighted by Gasteiger charge is 2.05. The fraction of sp³-hybridized carbons (Fsp3) is 0. The molecule has 1 rings (SSSR count). The molecule has 0 heterocycles. The van der Waals surface area contributed by atoms with E-state index in [1.807, 2.05) is 5.43 Å². The fourth-order valence-corrected chi connectivity index (χ4v) is 1.00. The number of amides is 2. The SMILES string of the molecule is O=C(O)NNC(=O)c1cccc(Cl)c1.